The van der Waals surface area contributed by atoms with Gasteiger partial charge in [0.15, 0.2) is 0 Å². The molecule has 1 heterocycles. The molecule has 0 aromatic carbocycles. The first-order valence-corrected chi connectivity index (χ1v) is 7.00. The molecule has 0 bridgehead atoms. The number of hydrogen-bond donors (Lipinski definition) is 1. The number of rotatable bonds is 6. The first-order chi connectivity index (χ1) is 8.24. The van der Waals surface area contributed by atoms with Crippen LogP contribution < -0.4 is 5.32 Å². The maximum absolute atomic E-state index is 4.68. The maximum atomic E-state index is 4.68. The summed E-state index contributed by atoms with van der Waals surface area (Å²) < 4.78 is 2.22. The van der Waals surface area contributed by atoms with E-state index in [0.29, 0.717) is 0 Å². The van der Waals surface area contributed by atoms with Crippen molar-refractivity contribution >= 4 is 0 Å². The summed E-state index contributed by atoms with van der Waals surface area (Å²) in [5.41, 5.74) is 4.01. The molecule has 94 valence electrons. The van der Waals surface area contributed by atoms with Crippen LogP contribution in [0, 0.1) is 19.8 Å². The third-order valence-corrected chi connectivity index (χ3v) is 4.12. The molecule has 3 rings (SSSR count). The van der Waals surface area contributed by atoms with Gasteiger partial charge in [-0.25, -0.2) is 0 Å². The van der Waals surface area contributed by atoms with Crippen molar-refractivity contribution in [1.29, 1.82) is 0 Å². The minimum Gasteiger partial charge on any atom is -0.310 e. The third kappa shape index (κ3) is 2.71. The Labute approximate surface area is 104 Å². The zero-order valence-electron chi connectivity index (χ0n) is 11.0. The van der Waals surface area contributed by atoms with Crippen LogP contribution in [-0.2, 0) is 13.1 Å². The summed E-state index contributed by atoms with van der Waals surface area (Å²) in [5, 5.41) is 8.28. The van der Waals surface area contributed by atoms with Crippen LogP contribution in [0.1, 0.15) is 49.1 Å². The van der Waals surface area contributed by atoms with Gasteiger partial charge in [-0.15, -0.1) is 0 Å². The largest absolute Gasteiger partial charge is 0.310 e. The van der Waals surface area contributed by atoms with Gasteiger partial charge in [-0.3, -0.25) is 4.68 Å². The summed E-state index contributed by atoms with van der Waals surface area (Å²) >= 11 is 0. The maximum Gasteiger partial charge on any atom is 0.0641 e. The molecule has 0 saturated heterocycles. The lowest BCUT2D eigenvalue weighted by Gasteiger charge is -2.05. The van der Waals surface area contributed by atoms with Crippen molar-refractivity contribution in [2.24, 2.45) is 5.92 Å². The zero-order valence-corrected chi connectivity index (χ0v) is 11.0. The normalized spacial score (nSPS) is 19.9. The molecule has 2 aliphatic rings. The molecule has 0 radical (unpaired) electrons. The Morgan fingerprint density at radius 3 is 2.65 bits per heavy atom. The lowest BCUT2D eigenvalue weighted by atomic mass is 10.2. The van der Waals surface area contributed by atoms with Crippen molar-refractivity contribution in [2.75, 3.05) is 0 Å². The molecule has 17 heavy (non-hydrogen) atoms. The van der Waals surface area contributed by atoms with Gasteiger partial charge in [0, 0.05) is 30.4 Å². The second-order valence-corrected chi connectivity index (χ2v) is 5.76. The lowest BCUT2D eigenvalue weighted by molar-refractivity contribution is 0.532. The third-order valence-electron chi connectivity index (χ3n) is 4.12. The number of aryl methyl sites for hydroxylation is 2. The average molecular weight is 233 g/mol. The Bertz CT molecular complexity index is 400. The predicted molar refractivity (Wildman–Crippen MR) is 68.9 cm³/mol. The molecule has 2 fully saturated rings. The molecule has 0 aliphatic heterocycles. The highest BCUT2D eigenvalue weighted by Gasteiger charge is 2.23. The highest BCUT2D eigenvalue weighted by Crippen LogP contribution is 2.33. The molecule has 1 aromatic heterocycles. The summed E-state index contributed by atoms with van der Waals surface area (Å²) in [6.07, 6.45) is 6.91. The van der Waals surface area contributed by atoms with E-state index in [1.807, 2.05) is 0 Å². The van der Waals surface area contributed by atoms with Crippen LogP contribution in [0.2, 0.25) is 0 Å². The fraction of sp³-hybridized carbons (Fsp3) is 0.786. The minimum absolute atomic E-state index is 0.781. The Hall–Kier alpha value is -0.830. The minimum atomic E-state index is 0.781. The van der Waals surface area contributed by atoms with E-state index < -0.39 is 0 Å². The van der Waals surface area contributed by atoms with E-state index in [9.17, 15) is 0 Å². The molecule has 2 saturated carbocycles. The van der Waals surface area contributed by atoms with Gasteiger partial charge in [-0.05, 0) is 39.0 Å². The van der Waals surface area contributed by atoms with Gasteiger partial charge >= 0.3 is 0 Å². The van der Waals surface area contributed by atoms with E-state index in [2.05, 4.69) is 28.9 Å². The van der Waals surface area contributed by atoms with Gasteiger partial charge in [0.25, 0.3) is 0 Å². The predicted octanol–water partition coefficient (Wildman–Crippen LogP) is 2.55. The topological polar surface area (TPSA) is 29.9 Å². The van der Waals surface area contributed by atoms with Crippen molar-refractivity contribution < 1.29 is 0 Å². The van der Waals surface area contributed by atoms with Gasteiger partial charge in [0.2, 0.25) is 0 Å². The van der Waals surface area contributed by atoms with Gasteiger partial charge < -0.3 is 5.32 Å². The first-order valence-electron chi connectivity index (χ1n) is 7.00. The van der Waals surface area contributed by atoms with Gasteiger partial charge in [-0.1, -0.05) is 12.8 Å². The molecule has 0 amide bonds. The van der Waals surface area contributed by atoms with Gasteiger partial charge in [-0.2, -0.15) is 5.10 Å². The molecule has 1 aromatic rings. The van der Waals surface area contributed by atoms with Gasteiger partial charge in [0.1, 0.15) is 0 Å². The van der Waals surface area contributed by atoms with Crippen molar-refractivity contribution in [1.82, 2.24) is 15.1 Å². The van der Waals surface area contributed by atoms with Crippen LogP contribution in [0.5, 0.6) is 0 Å². The molecule has 0 spiro atoms. The Kier molecular flexibility index (Phi) is 2.95. The molecule has 3 nitrogen and oxygen atoms in total. The summed E-state index contributed by atoms with van der Waals surface area (Å²) in [7, 11) is 0. The van der Waals surface area contributed by atoms with E-state index in [1.165, 1.54) is 49.1 Å². The second-order valence-electron chi connectivity index (χ2n) is 5.76. The summed E-state index contributed by atoms with van der Waals surface area (Å²) in [6.45, 7) is 6.48. The molecule has 0 atom stereocenters. The zero-order chi connectivity index (χ0) is 11.8. The van der Waals surface area contributed by atoms with E-state index in [-0.39, 0.29) is 0 Å². The fourth-order valence-electron chi connectivity index (χ4n) is 2.45. The van der Waals surface area contributed by atoms with Crippen LogP contribution >= 0.6 is 0 Å². The smallest absolute Gasteiger partial charge is 0.0641 e. The van der Waals surface area contributed by atoms with Crippen molar-refractivity contribution in [3.05, 3.63) is 17.0 Å². The number of nitrogens with one attached hydrogen (secondary N) is 1. The second kappa shape index (κ2) is 4.45. The lowest BCUT2D eigenvalue weighted by Crippen LogP contribution is -2.16. The Morgan fingerprint density at radius 1 is 1.24 bits per heavy atom. The van der Waals surface area contributed by atoms with Crippen molar-refractivity contribution in [3.8, 4) is 0 Å². The van der Waals surface area contributed by atoms with Crippen LogP contribution in [-0.4, -0.2) is 15.8 Å². The summed E-state index contributed by atoms with van der Waals surface area (Å²) in [6, 6.07) is 0.781. The average Bonchev–Trinajstić information content (AvgIpc) is 3.17. The van der Waals surface area contributed by atoms with E-state index >= 15 is 0 Å². The monoisotopic (exact) mass is 233 g/mol. The SMILES string of the molecule is Cc1nn(CCC2CC2)c(C)c1CNC1CC1. The molecule has 3 heteroatoms. The number of hydrogen-bond acceptors (Lipinski definition) is 2. The molecular formula is C14H23N3. The quantitative estimate of drug-likeness (QED) is 0.818. The highest BCUT2D eigenvalue weighted by atomic mass is 15.3. The van der Waals surface area contributed by atoms with Crippen LogP contribution in [0.15, 0.2) is 0 Å². The van der Waals surface area contributed by atoms with E-state index in [1.54, 1.807) is 0 Å². The van der Waals surface area contributed by atoms with Gasteiger partial charge in [0.05, 0.1) is 5.69 Å². The standard InChI is InChI=1S/C14H23N3/c1-10-14(9-15-13-5-6-13)11(2)17(16-10)8-7-12-3-4-12/h12-13,15H,3-9H2,1-2H3. The number of nitrogens with zero attached hydrogens (tertiary/aromatic N) is 2. The molecule has 1 N–H and O–H groups in total. The van der Waals surface area contributed by atoms with Crippen LogP contribution in [0.3, 0.4) is 0 Å². The molecule has 2 aliphatic carbocycles. The molecular weight excluding hydrogens is 210 g/mol. The van der Waals surface area contributed by atoms with Crippen molar-refractivity contribution in [3.63, 3.8) is 0 Å². The summed E-state index contributed by atoms with van der Waals surface area (Å²) in [5.74, 6) is 0.993. The fourth-order valence-corrected chi connectivity index (χ4v) is 2.45. The Balaban J connectivity index is 1.63. The van der Waals surface area contributed by atoms with Crippen molar-refractivity contribution in [2.45, 2.75) is 65.1 Å². The first kappa shape index (κ1) is 11.3. The van der Waals surface area contributed by atoms with Crippen LogP contribution in [0.25, 0.3) is 0 Å². The number of aromatic nitrogens is 2. The van der Waals surface area contributed by atoms with E-state index in [0.717, 1.165) is 25.0 Å². The molecule has 0 unspecified atom stereocenters. The Morgan fingerprint density at radius 2 is 2.00 bits per heavy atom. The van der Waals surface area contributed by atoms with Crippen LogP contribution in [0.4, 0.5) is 0 Å². The highest BCUT2D eigenvalue weighted by molar-refractivity contribution is 5.24. The summed E-state index contributed by atoms with van der Waals surface area (Å²) in [4.78, 5) is 0. The van der Waals surface area contributed by atoms with E-state index in [4.69, 9.17) is 0 Å².